The van der Waals surface area contributed by atoms with Gasteiger partial charge in [0.1, 0.15) is 5.75 Å². The van der Waals surface area contributed by atoms with Gasteiger partial charge in [0.05, 0.1) is 11.5 Å². The standard InChI is InChI=1S/C26H37NO7Si/c1-26(2,3)35(4,5)33-17-15-21(12-9-16-32-19-20-10-7-6-8-11-20)23-18-22(27(30)31)13-14-24(23)34-25(28)29/h6-8,10-11,13-14,18,21H,9,12,15-17,19H2,1-5H3,(H,28,29). The van der Waals surface area contributed by atoms with Crippen LogP contribution in [0.2, 0.25) is 18.1 Å². The molecule has 8 nitrogen and oxygen atoms in total. The van der Waals surface area contributed by atoms with Crippen molar-refractivity contribution < 1.29 is 28.7 Å². The molecule has 35 heavy (non-hydrogen) atoms. The second-order valence-corrected chi connectivity index (χ2v) is 14.9. The van der Waals surface area contributed by atoms with E-state index >= 15 is 0 Å². The highest BCUT2D eigenvalue weighted by Crippen LogP contribution is 2.39. The molecule has 1 unspecified atom stereocenters. The number of non-ortho nitro benzene ring substituents is 1. The molecule has 0 aliphatic carbocycles. The van der Waals surface area contributed by atoms with Crippen molar-refractivity contribution in [2.75, 3.05) is 13.2 Å². The van der Waals surface area contributed by atoms with Crippen molar-refractivity contribution in [3.8, 4) is 5.75 Å². The monoisotopic (exact) mass is 503 g/mol. The van der Waals surface area contributed by atoms with E-state index in [1.165, 1.54) is 18.2 Å². The number of nitrogens with zero attached hydrogens (tertiary/aromatic N) is 1. The number of nitro benzene ring substituents is 1. The fourth-order valence-corrected chi connectivity index (χ4v) is 4.54. The van der Waals surface area contributed by atoms with E-state index in [1.807, 2.05) is 30.3 Å². The molecule has 0 aliphatic rings. The molecule has 0 saturated carbocycles. The lowest BCUT2D eigenvalue weighted by molar-refractivity contribution is -0.385. The van der Waals surface area contributed by atoms with E-state index in [2.05, 4.69) is 33.9 Å². The van der Waals surface area contributed by atoms with Crippen molar-refractivity contribution in [1.29, 1.82) is 0 Å². The van der Waals surface area contributed by atoms with Gasteiger partial charge in [-0.3, -0.25) is 10.1 Å². The van der Waals surface area contributed by atoms with Crippen LogP contribution in [0.3, 0.4) is 0 Å². The minimum atomic E-state index is -1.98. The van der Waals surface area contributed by atoms with E-state index in [0.29, 0.717) is 44.6 Å². The number of benzene rings is 2. The van der Waals surface area contributed by atoms with Gasteiger partial charge in [-0.25, -0.2) is 4.79 Å². The molecular formula is C26H37NO7Si. The fraction of sp³-hybridized carbons (Fsp3) is 0.500. The zero-order valence-corrected chi connectivity index (χ0v) is 22.3. The lowest BCUT2D eigenvalue weighted by Crippen LogP contribution is -2.41. The number of hydrogen-bond donors (Lipinski definition) is 1. The van der Waals surface area contributed by atoms with Gasteiger partial charge in [0.2, 0.25) is 0 Å². The Morgan fingerprint density at radius 3 is 2.37 bits per heavy atom. The summed E-state index contributed by atoms with van der Waals surface area (Å²) in [4.78, 5) is 22.2. The van der Waals surface area contributed by atoms with E-state index in [9.17, 15) is 20.0 Å². The van der Waals surface area contributed by atoms with Crippen molar-refractivity contribution in [1.82, 2.24) is 0 Å². The van der Waals surface area contributed by atoms with Crippen molar-refractivity contribution in [3.05, 3.63) is 69.8 Å². The number of carbonyl (C=O) groups is 1. The average molecular weight is 504 g/mol. The lowest BCUT2D eigenvalue weighted by atomic mass is 9.90. The van der Waals surface area contributed by atoms with Crippen LogP contribution in [0.1, 0.15) is 57.1 Å². The molecule has 2 aromatic rings. The summed E-state index contributed by atoms with van der Waals surface area (Å²) in [7, 11) is -1.98. The van der Waals surface area contributed by atoms with Crippen LogP contribution in [-0.2, 0) is 15.8 Å². The molecule has 0 heterocycles. The quantitative estimate of drug-likeness (QED) is 0.0772. The third-order valence-corrected chi connectivity index (χ3v) is 11.1. The van der Waals surface area contributed by atoms with Gasteiger partial charge in [-0.1, -0.05) is 51.1 Å². The van der Waals surface area contributed by atoms with Crippen LogP contribution in [0.5, 0.6) is 5.75 Å². The first-order chi connectivity index (χ1) is 16.4. The smallest absolute Gasteiger partial charge is 0.449 e. The van der Waals surface area contributed by atoms with Crippen LogP contribution in [0.25, 0.3) is 0 Å². The van der Waals surface area contributed by atoms with E-state index < -0.39 is 19.4 Å². The topological polar surface area (TPSA) is 108 Å². The summed E-state index contributed by atoms with van der Waals surface area (Å²) in [6.45, 7) is 12.3. The Hall–Kier alpha value is -2.75. The second-order valence-electron chi connectivity index (χ2n) is 10.1. The fourth-order valence-electron chi connectivity index (χ4n) is 3.48. The molecule has 1 N–H and O–H groups in total. The number of ether oxygens (including phenoxy) is 2. The van der Waals surface area contributed by atoms with Crippen molar-refractivity contribution >= 4 is 20.2 Å². The molecule has 0 spiro atoms. The summed E-state index contributed by atoms with van der Waals surface area (Å²) in [6, 6.07) is 13.9. The van der Waals surface area contributed by atoms with Crippen LogP contribution in [0, 0.1) is 10.1 Å². The Morgan fingerprint density at radius 2 is 1.77 bits per heavy atom. The molecular weight excluding hydrogens is 466 g/mol. The minimum absolute atomic E-state index is 0.0525. The zero-order valence-electron chi connectivity index (χ0n) is 21.3. The molecule has 0 fully saturated rings. The van der Waals surface area contributed by atoms with Gasteiger partial charge in [0, 0.05) is 30.9 Å². The minimum Gasteiger partial charge on any atom is -0.449 e. The highest BCUT2D eigenvalue weighted by atomic mass is 28.4. The summed E-state index contributed by atoms with van der Waals surface area (Å²) < 4.78 is 17.1. The van der Waals surface area contributed by atoms with E-state index in [0.717, 1.165) is 5.56 Å². The van der Waals surface area contributed by atoms with Crippen LogP contribution in [0.4, 0.5) is 10.5 Å². The van der Waals surface area contributed by atoms with Crippen molar-refractivity contribution in [2.24, 2.45) is 0 Å². The molecule has 0 saturated heterocycles. The van der Waals surface area contributed by atoms with E-state index in [4.69, 9.17) is 13.9 Å². The number of carboxylic acid groups (broad SMARTS) is 1. The van der Waals surface area contributed by atoms with Gasteiger partial charge in [-0.15, -0.1) is 0 Å². The highest BCUT2D eigenvalue weighted by Gasteiger charge is 2.37. The molecule has 0 aromatic heterocycles. The molecule has 1 atom stereocenters. The number of nitro groups is 1. The van der Waals surface area contributed by atoms with Gasteiger partial charge in [-0.2, -0.15) is 0 Å². The summed E-state index contributed by atoms with van der Waals surface area (Å²) in [5.74, 6) is -0.0695. The number of hydrogen-bond acceptors (Lipinski definition) is 6. The summed E-state index contributed by atoms with van der Waals surface area (Å²) in [6.07, 6.45) is 0.477. The molecule has 0 radical (unpaired) electrons. The van der Waals surface area contributed by atoms with Gasteiger partial charge in [-0.05, 0) is 54.9 Å². The normalized spacial score (nSPS) is 12.8. The largest absolute Gasteiger partial charge is 0.511 e. The third-order valence-electron chi connectivity index (χ3n) is 6.53. The number of rotatable bonds is 13. The predicted molar refractivity (Wildman–Crippen MR) is 138 cm³/mol. The maximum absolute atomic E-state index is 11.4. The molecule has 2 rings (SSSR count). The Balaban J connectivity index is 2.16. The summed E-state index contributed by atoms with van der Waals surface area (Å²) >= 11 is 0. The zero-order chi connectivity index (χ0) is 26.1. The van der Waals surface area contributed by atoms with Gasteiger partial charge >= 0.3 is 6.16 Å². The predicted octanol–water partition coefficient (Wildman–Crippen LogP) is 7.14. The molecule has 0 aliphatic heterocycles. The van der Waals surface area contributed by atoms with Gasteiger partial charge in [0.25, 0.3) is 5.69 Å². The first kappa shape index (κ1) is 28.5. The average Bonchev–Trinajstić information content (AvgIpc) is 2.77. The third kappa shape index (κ3) is 9.08. The first-order valence-corrected chi connectivity index (χ1v) is 14.8. The highest BCUT2D eigenvalue weighted by molar-refractivity contribution is 6.74. The Kier molecular flexibility index (Phi) is 10.4. The SMILES string of the molecule is CC(C)(C)[Si](C)(C)OCCC(CCCOCc1ccccc1)c1cc([N+](=O)[O-])ccc1OC(=O)O. The van der Waals surface area contributed by atoms with Crippen LogP contribution in [0.15, 0.2) is 48.5 Å². The maximum Gasteiger partial charge on any atom is 0.511 e. The van der Waals surface area contributed by atoms with Gasteiger partial charge < -0.3 is 19.0 Å². The molecule has 2 aromatic carbocycles. The Bertz CT molecular complexity index is 973. The first-order valence-electron chi connectivity index (χ1n) is 11.9. The molecule has 192 valence electrons. The van der Waals surface area contributed by atoms with Gasteiger partial charge in [0.15, 0.2) is 8.32 Å². The maximum atomic E-state index is 11.4. The van der Waals surface area contributed by atoms with E-state index in [1.54, 1.807) is 0 Å². The van der Waals surface area contributed by atoms with E-state index in [-0.39, 0.29) is 22.4 Å². The second kappa shape index (κ2) is 12.8. The molecule has 9 heteroatoms. The van der Waals surface area contributed by atoms with Crippen LogP contribution < -0.4 is 4.74 Å². The molecule has 0 bridgehead atoms. The Labute approximate surface area is 208 Å². The van der Waals surface area contributed by atoms with Crippen molar-refractivity contribution in [3.63, 3.8) is 0 Å². The van der Waals surface area contributed by atoms with Crippen LogP contribution in [-0.4, -0.2) is 37.7 Å². The lowest BCUT2D eigenvalue weighted by Gasteiger charge is -2.36. The molecule has 0 amide bonds. The summed E-state index contributed by atoms with van der Waals surface area (Å²) in [5.41, 5.74) is 1.49. The van der Waals surface area contributed by atoms with Crippen molar-refractivity contribution in [2.45, 2.75) is 70.7 Å². The Morgan fingerprint density at radius 1 is 1.09 bits per heavy atom. The summed E-state index contributed by atoms with van der Waals surface area (Å²) in [5, 5.41) is 20.6. The van der Waals surface area contributed by atoms with Crippen LogP contribution >= 0.6 is 0 Å².